The van der Waals surface area contributed by atoms with Gasteiger partial charge in [-0.1, -0.05) is 19.0 Å². The molecule has 0 aromatic carbocycles. The molecule has 0 N–H and O–H groups in total. The first-order chi connectivity index (χ1) is 13.8. The number of hydrogen-bond acceptors (Lipinski definition) is 9. The summed E-state index contributed by atoms with van der Waals surface area (Å²) in [4.78, 5) is 15.5. The molecule has 0 bridgehead atoms. The Kier molecular flexibility index (Phi) is 7.18. The van der Waals surface area contributed by atoms with Crippen LogP contribution in [0.1, 0.15) is 45.4 Å². The first-order valence-corrected chi connectivity index (χ1v) is 11.9. The van der Waals surface area contributed by atoms with Crippen LogP contribution in [0.15, 0.2) is 16.9 Å². The highest BCUT2D eigenvalue weighted by Crippen LogP contribution is 2.25. The Balaban J connectivity index is 1.47. The van der Waals surface area contributed by atoms with Gasteiger partial charge in [-0.25, -0.2) is 9.97 Å². The van der Waals surface area contributed by atoms with Gasteiger partial charge in [0, 0.05) is 31.9 Å². The van der Waals surface area contributed by atoms with Gasteiger partial charge >= 0.3 is 0 Å². The van der Waals surface area contributed by atoms with Gasteiger partial charge in [0.15, 0.2) is 0 Å². The van der Waals surface area contributed by atoms with Gasteiger partial charge in [-0.15, -0.1) is 0 Å². The van der Waals surface area contributed by atoms with Crippen LogP contribution in [0.4, 0.5) is 5.95 Å². The highest BCUT2D eigenvalue weighted by atomic mass is 32.2. The average molecular weight is 424 g/mol. The monoisotopic (exact) mass is 423 g/mol. The fourth-order valence-electron chi connectivity index (χ4n) is 3.41. The molecule has 0 atom stereocenters. The fraction of sp³-hybridized carbons (Fsp3) is 0.684. The molecule has 0 amide bonds. The van der Waals surface area contributed by atoms with Crippen LogP contribution in [-0.2, 0) is 20.7 Å². The molecule has 0 aliphatic carbocycles. The van der Waals surface area contributed by atoms with Gasteiger partial charge in [0.25, 0.3) is 10.1 Å². The Morgan fingerprint density at radius 2 is 1.93 bits per heavy atom. The van der Waals surface area contributed by atoms with Gasteiger partial charge in [0.1, 0.15) is 0 Å². The second-order valence-electron chi connectivity index (χ2n) is 7.98. The molecule has 10 heteroatoms. The molecule has 2 aromatic rings. The lowest BCUT2D eigenvalue weighted by Gasteiger charge is -2.32. The van der Waals surface area contributed by atoms with E-state index in [1.165, 1.54) is 0 Å². The maximum atomic E-state index is 11.0. The zero-order valence-electron chi connectivity index (χ0n) is 17.2. The molecule has 0 unspecified atom stereocenters. The third kappa shape index (κ3) is 6.74. The predicted molar refractivity (Wildman–Crippen MR) is 109 cm³/mol. The van der Waals surface area contributed by atoms with Crippen molar-refractivity contribution in [2.24, 2.45) is 11.8 Å². The van der Waals surface area contributed by atoms with Crippen LogP contribution in [0.5, 0.6) is 0 Å². The van der Waals surface area contributed by atoms with Crippen molar-refractivity contribution in [1.29, 1.82) is 0 Å². The van der Waals surface area contributed by atoms with Crippen molar-refractivity contribution < 1.29 is 17.1 Å². The minimum absolute atomic E-state index is 0.262. The minimum atomic E-state index is -3.34. The second-order valence-corrected chi connectivity index (χ2v) is 9.62. The van der Waals surface area contributed by atoms with Gasteiger partial charge in [0.2, 0.25) is 17.7 Å². The van der Waals surface area contributed by atoms with Crippen molar-refractivity contribution in [2.75, 3.05) is 30.9 Å². The van der Waals surface area contributed by atoms with E-state index in [1.807, 2.05) is 0 Å². The van der Waals surface area contributed by atoms with Crippen molar-refractivity contribution in [2.45, 2.75) is 46.0 Å². The van der Waals surface area contributed by atoms with Crippen LogP contribution in [0.3, 0.4) is 0 Å². The summed E-state index contributed by atoms with van der Waals surface area (Å²) in [6.07, 6.45) is 9.11. The molecule has 1 aliphatic rings. The molecule has 1 fully saturated rings. The van der Waals surface area contributed by atoms with Crippen LogP contribution >= 0.6 is 0 Å². The summed E-state index contributed by atoms with van der Waals surface area (Å²) in [7, 11) is -3.34. The van der Waals surface area contributed by atoms with Crippen LogP contribution in [0, 0.1) is 11.8 Å². The van der Waals surface area contributed by atoms with E-state index in [-0.39, 0.29) is 6.61 Å². The highest BCUT2D eigenvalue weighted by molar-refractivity contribution is 7.85. The first kappa shape index (κ1) is 21.6. The molecule has 2 aromatic heterocycles. The summed E-state index contributed by atoms with van der Waals surface area (Å²) in [6.45, 7) is 6.25. The third-order valence-electron chi connectivity index (χ3n) is 4.90. The summed E-state index contributed by atoms with van der Waals surface area (Å²) < 4.78 is 32.1. The summed E-state index contributed by atoms with van der Waals surface area (Å²) in [6, 6.07) is 0. The van der Waals surface area contributed by atoms with E-state index >= 15 is 0 Å². The summed E-state index contributed by atoms with van der Waals surface area (Å²) in [5, 5.41) is 4.01. The number of piperidine rings is 1. The maximum Gasteiger partial charge on any atom is 0.264 e. The number of aromatic nitrogens is 4. The Morgan fingerprint density at radius 1 is 1.24 bits per heavy atom. The minimum Gasteiger partial charge on any atom is -0.341 e. The van der Waals surface area contributed by atoms with Crippen molar-refractivity contribution in [3.8, 4) is 11.4 Å². The van der Waals surface area contributed by atoms with E-state index in [4.69, 9.17) is 8.71 Å². The zero-order valence-corrected chi connectivity index (χ0v) is 18.1. The van der Waals surface area contributed by atoms with E-state index < -0.39 is 10.1 Å². The molecule has 0 saturated carbocycles. The van der Waals surface area contributed by atoms with Crippen molar-refractivity contribution >= 4 is 16.1 Å². The van der Waals surface area contributed by atoms with Crippen molar-refractivity contribution in [3.05, 3.63) is 18.3 Å². The highest BCUT2D eigenvalue weighted by Gasteiger charge is 2.21. The Hall–Kier alpha value is -2.07. The molecule has 3 rings (SSSR count). The Labute approximate surface area is 172 Å². The number of anilines is 1. The van der Waals surface area contributed by atoms with Gasteiger partial charge in [-0.3, -0.25) is 4.18 Å². The summed E-state index contributed by atoms with van der Waals surface area (Å²) >= 11 is 0. The predicted octanol–water partition coefficient (Wildman–Crippen LogP) is 2.70. The molecule has 0 spiro atoms. The molecule has 29 heavy (non-hydrogen) atoms. The second kappa shape index (κ2) is 9.62. The summed E-state index contributed by atoms with van der Waals surface area (Å²) in [5.41, 5.74) is 0.744. The number of rotatable bonds is 9. The van der Waals surface area contributed by atoms with E-state index in [0.717, 1.165) is 57.0 Å². The molecular weight excluding hydrogens is 394 g/mol. The summed E-state index contributed by atoms with van der Waals surface area (Å²) in [5.74, 6) is 2.88. The largest absolute Gasteiger partial charge is 0.341 e. The Morgan fingerprint density at radius 3 is 2.55 bits per heavy atom. The van der Waals surface area contributed by atoms with E-state index in [1.54, 1.807) is 12.4 Å². The fourth-order valence-corrected chi connectivity index (χ4v) is 3.83. The van der Waals surface area contributed by atoms with Crippen molar-refractivity contribution in [1.82, 2.24) is 20.1 Å². The standard InChI is InChI=1S/C19H29N5O4S/c1-14(2)11-17-22-18(23-28-17)16-12-20-19(21-13-16)24-8-6-15(7-9-24)5-4-10-27-29(3,25)26/h12-15H,4-11H2,1-3H3. The molecule has 9 nitrogen and oxygen atoms in total. The molecular formula is C19H29N5O4S. The van der Waals surface area contributed by atoms with E-state index in [9.17, 15) is 8.42 Å². The SMILES string of the molecule is CC(C)Cc1nc(-c2cnc(N3CCC(CCCOS(C)(=O)=O)CC3)nc2)no1. The van der Waals surface area contributed by atoms with Gasteiger partial charge in [0.05, 0.1) is 18.4 Å². The normalized spacial score (nSPS) is 15.9. The molecule has 3 heterocycles. The smallest absolute Gasteiger partial charge is 0.264 e. The lowest BCUT2D eigenvalue weighted by Crippen LogP contribution is -2.34. The van der Waals surface area contributed by atoms with E-state index in [0.29, 0.717) is 29.5 Å². The number of nitrogens with zero attached hydrogens (tertiary/aromatic N) is 5. The topological polar surface area (TPSA) is 111 Å². The average Bonchev–Trinajstić information content (AvgIpc) is 3.13. The molecule has 160 valence electrons. The van der Waals surface area contributed by atoms with Gasteiger partial charge < -0.3 is 9.42 Å². The quantitative estimate of drug-likeness (QED) is 0.444. The van der Waals surface area contributed by atoms with Crippen LogP contribution in [0.2, 0.25) is 0 Å². The van der Waals surface area contributed by atoms with Gasteiger partial charge in [-0.05, 0) is 37.5 Å². The third-order valence-corrected chi connectivity index (χ3v) is 5.49. The Bertz CT molecular complexity index is 874. The van der Waals surface area contributed by atoms with Crippen LogP contribution in [-0.4, -0.2) is 54.5 Å². The maximum absolute atomic E-state index is 11.0. The zero-order chi connectivity index (χ0) is 20.9. The van der Waals surface area contributed by atoms with Crippen molar-refractivity contribution in [3.63, 3.8) is 0 Å². The molecule has 1 saturated heterocycles. The first-order valence-electron chi connectivity index (χ1n) is 10.0. The van der Waals surface area contributed by atoms with Gasteiger partial charge in [-0.2, -0.15) is 13.4 Å². The molecule has 1 aliphatic heterocycles. The number of hydrogen-bond donors (Lipinski definition) is 0. The lowest BCUT2D eigenvalue weighted by atomic mass is 9.92. The van der Waals surface area contributed by atoms with Crippen LogP contribution < -0.4 is 4.90 Å². The van der Waals surface area contributed by atoms with Crippen LogP contribution in [0.25, 0.3) is 11.4 Å². The molecule has 0 radical (unpaired) electrons. The lowest BCUT2D eigenvalue weighted by molar-refractivity contribution is 0.284. The van der Waals surface area contributed by atoms with E-state index in [2.05, 4.69) is 38.9 Å².